The number of hydrogen-bond acceptors (Lipinski definition) is 5. The first kappa shape index (κ1) is 15.3. The van der Waals surface area contributed by atoms with Crippen LogP contribution in [-0.4, -0.2) is 25.1 Å². The number of pyridine rings is 1. The Labute approximate surface area is 131 Å². The van der Waals surface area contributed by atoms with Gasteiger partial charge in [0.15, 0.2) is 5.82 Å². The van der Waals surface area contributed by atoms with E-state index in [4.69, 9.17) is 10.5 Å². The zero-order chi connectivity index (χ0) is 15.4. The highest BCUT2D eigenvalue weighted by atomic mass is 79.9. The van der Waals surface area contributed by atoms with Gasteiger partial charge in [-0.3, -0.25) is 0 Å². The number of halogens is 1. The molecule has 0 spiro atoms. The van der Waals surface area contributed by atoms with Crippen molar-refractivity contribution in [1.29, 1.82) is 0 Å². The molecule has 0 saturated heterocycles. The van der Waals surface area contributed by atoms with Crippen molar-refractivity contribution in [2.45, 2.75) is 6.54 Å². The van der Waals surface area contributed by atoms with Gasteiger partial charge in [0.05, 0.1) is 18.4 Å². The Morgan fingerprint density at radius 1 is 1.43 bits per heavy atom. The highest BCUT2D eigenvalue weighted by Crippen LogP contribution is 2.25. The van der Waals surface area contributed by atoms with E-state index >= 15 is 0 Å². The van der Waals surface area contributed by atoms with Crippen molar-refractivity contribution in [1.82, 2.24) is 4.98 Å². The van der Waals surface area contributed by atoms with Crippen LogP contribution in [0.15, 0.2) is 41.0 Å². The lowest BCUT2D eigenvalue weighted by molar-refractivity contribution is 0.0602. The van der Waals surface area contributed by atoms with Crippen LogP contribution in [0.4, 0.5) is 11.5 Å². The van der Waals surface area contributed by atoms with Crippen molar-refractivity contribution in [2.75, 3.05) is 24.8 Å². The molecule has 0 aliphatic heterocycles. The number of carbonyl (C=O) groups excluding carboxylic acids is 1. The molecule has 0 aliphatic rings. The van der Waals surface area contributed by atoms with Crippen molar-refractivity contribution in [3.63, 3.8) is 0 Å². The van der Waals surface area contributed by atoms with Crippen LogP contribution in [0, 0.1) is 0 Å². The van der Waals surface area contributed by atoms with E-state index in [0.717, 1.165) is 10.0 Å². The second-order valence-electron chi connectivity index (χ2n) is 4.57. The van der Waals surface area contributed by atoms with Gasteiger partial charge in [0.1, 0.15) is 0 Å². The second-order valence-corrected chi connectivity index (χ2v) is 5.49. The monoisotopic (exact) mass is 349 g/mol. The summed E-state index contributed by atoms with van der Waals surface area (Å²) in [6.45, 7) is 0.626. The number of hydrogen-bond donors (Lipinski definition) is 1. The number of methoxy groups -OCH3 is 1. The molecule has 0 saturated carbocycles. The minimum atomic E-state index is -0.466. The number of nitrogens with two attached hydrogens (primary N) is 1. The number of ether oxygens (including phenoxy) is 1. The number of rotatable bonds is 4. The zero-order valence-corrected chi connectivity index (χ0v) is 13.4. The average molecular weight is 350 g/mol. The topological polar surface area (TPSA) is 68.5 Å². The summed E-state index contributed by atoms with van der Waals surface area (Å²) in [5, 5.41) is 0. The summed E-state index contributed by atoms with van der Waals surface area (Å²) >= 11 is 3.44. The van der Waals surface area contributed by atoms with Crippen LogP contribution >= 0.6 is 15.9 Å². The van der Waals surface area contributed by atoms with E-state index in [1.165, 1.54) is 7.11 Å². The van der Waals surface area contributed by atoms with Crippen LogP contribution in [0.25, 0.3) is 0 Å². The van der Waals surface area contributed by atoms with Gasteiger partial charge in [-0.25, -0.2) is 9.78 Å². The molecule has 0 radical (unpaired) electrons. The predicted molar refractivity (Wildman–Crippen MR) is 86.2 cm³/mol. The third-order valence-corrected chi connectivity index (χ3v) is 3.54. The fourth-order valence-electron chi connectivity index (χ4n) is 2.04. The Kier molecular flexibility index (Phi) is 4.80. The van der Waals surface area contributed by atoms with E-state index in [0.29, 0.717) is 23.6 Å². The maximum Gasteiger partial charge on any atom is 0.340 e. The molecule has 1 aromatic heterocycles. The Balaban J connectivity index is 2.27. The Hall–Kier alpha value is -2.08. The molecule has 0 bridgehead atoms. The number of esters is 1. The van der Waals surface area contributed by atoms with Crippen LogP contribution in [-0.2, 0) is 11.3 Å². The van der Waals surface area contributed by atoms with Crippen molar-refractivity contribution in [3.05, 3.63) is 52.1 Å². The average Bonchev–Trinajstić information content (AvgIpc) is 2.46. The lowest BCUT2D eigenvalue weighted by Crippen LogP contribution is -2.20. The highest BCUT2D eigenvalue weighted by molar-refractivity contribution is 9.10. The van der Waals surface area contributed by atoms with Gasteiger partial charge in [0, 0.05) is 24.3 Å². The minimum absolute atomic E-state index is 0.321. The molecule has 0 amide bonds. The summed E-state index contributed by atoms with van der Waals surface area (Å²) in [5.41, 5.74) is 7.78. The van der Waals surface area contributed by atoms with Crippen molar-refractivity contribution in [3.8, 4) is 0 Å². The molecule has 5 nitrogen and oxygen atoms in total. The summed E-state index contributed by atoms with van der Waals surface area (Å²) in [5.74, 6) is 0.0879. The van der Waals surface area contributed by atoms with E-state index in [1.807, 2.05) is 36.2 Å². The Morgan fingerprint density at radius 3 is 2.86 bits per heavy atom. The number of nitrogens with zero attached hydrogens (tertiary/aromatic N) is 2. The standard InChI is InChI=1S/C15H16BrN3O2/c1-19(9-10-4-3-5-11(16)8-10)14-13(17)12(6-7-18-14)15(20)21-2/h3-8H,9,17H2,1-2H3. The van der Waals surface area contributed by atoms with E-state index in [9.17, 15) is 4.79 Å². The first-order valence-corrected chi connectivity index (χ1v) is 7.10. The third kappa shape index (κ3) is 3.52. The molecule has 2 N–H and O–H groups in total. The fraction of sp³-hybridized carbons (Fsp3) is 0.200. The van der Waals surface area contributed by atoms with E-state index in [-0.39, 0.29) is 0 Å². The normalized spacial score (nSPS) is 10.2. The summed E-state index contributed by atoms with van der Waals surface area (Å²) in [6, 6.07) is 9.53. The van der Waals surface area contributed by atoms with E-state index in [2.05, 4.69) is 20.9 Å². The molecule has 2 aromatic rings. The van der Waals surface area contributed by atoms with Gasteiger partial charge in [-0.05, 0) is 23.8 Å². The minimum Gasteiger partial charge on any atom is -0.465 e. The van der Waals surface area contributed by atoms with Crippen molar-refractivity contribution < 1.29 is 9.53 Å². The summed E-state index contributed by atoms with van der Waals surface area (Å²) in [4.78, 5) is 17.8. The van der Waals surface area contributed by atoms with Crippen LogP contribution in [0.3, 0.4) is 0 Å². The van der Waals surface area contributed by atoms with Gasteiger partial charge in [-0.1, -0.05) is 28.1 Å². The molecule has 0 fully saturated rings. The maximum atomic E-state index is 11.7. The van der Waals surface area contributed by atoms with Gasteiger partial charge in [0.25, 0.3) is 0 Å². The molecule has 0 atom stereocenters. The SMILES string of the molecule is COC(=O)c1ccnc(N(C)Cc2cccc(Br)c2)c1N. The zero-order valence-electron chi connectivity index (χ0n) is 11.8. The summed E-state index contributed by atoms with van der Waals surface area (Å²) < 4.78 is 5.73. The lowest BCUT2D eigenvalue weighted by atomic mass is 10.2. The maximum absolute atomic E-state index is 11.7. The molecule has 2 rings (SSSR count). The quantitative estimate of drug-likeness (QED) is 0.859. The summed E-state index contributed by atoms with van der Waals surface area (Å²) in [7, 11) is 3.20. The summed E-state index contributed by atoms with van der Waals surface area (Å²) in [6.07, 6.45) is 1.55. The number of anilines is 2. The van der Waals surface area contributed by atoms with Crippen molar-refractivity contribution in [2.24, 2.45) is 0 Å². The number of nitrogen functional groups attached to an aromatic ring is 1. The van der Waals surface area contributed by atoms with Crippen LogP contribution in [0.2, 0.25) is 0 Å². The van der Waals surface area contributed by atoms with Gasteiger partial charge in [-0.2, -0.15) is 0 Å². The molecule has 21 heavy (non-hydrogen) atoms. The van der Waals surface area contributed by atoms with Gasteiger partial charge in [-0.15, -0.1) is 0 Å². The Bertz CT molecular complexity index is 661. The van der Waals surface area contributed by atoms with Crippen LogP contribution in [0.1, 0.15) is 15.9 Å². The largest absolute Gasteiger partial charge is 0.465 e. The molecule has 6 heteroatoms. The highest BCUT2D eigenvalue weighted by Gasteiger charge is 2.16. The number of aromatic nitrogens is 1. The number of benzene rings is 1. The fourth-order valence-corrected chi connectivity index (χ4v) is 2.49. The van der Waals surface area contributed by atoms with Gasteiger partial charge in [0.2, 0.25) is 0 Å². The molecular weight excluding hydrogens is 334 g/mol. The first-order valence-electron chi connectivity index (χ1n) is 6.31. The molecule has 0 unspecified atom stereocenters. The smallest absolute Gasteiger partial charge is 0.340 e. The lowest BCUT2D eigenvalue weighted by Gasteiger charge is -2.21. The third-order valence-electron chi connectivity index (χ3n) is 3.04. The van der Waals surface area contributed by atoms with E-state index < -0.39 is 5.97 Å². The molecule has 1 aromatic carbocycles. The number of carbonyl (C=O) groups is 1. The van der Waals surface area contributed by atoms with Gasteiger partial charge < -0.3 is 15.4 Å². The molecular formula is C15H16BrN3O2. The first-order chi connectivity index (χ1) is 10.0. The van der Waals surface area contributed by atoms with Crippen LogP contribution < -0.4 is 10.6 Å². The molecule has 0 aliphatic carbocycles. The molecule has 110 valence electrons. The molecule has 1 heterocycles. The van der Waals surface area contributed by atoms with E-state index in [1.54, 1.807) is 12.3 Å². The van der Waals surface area contributed by atoms with Gasteiger partial charge >= 0.3 is 5.97 Å². The van der Waals surface area contributed by atoms with Crippen molar-refractivity contribution >= 4 is 33.4 Å². The van der Waals surface area contributed by atoms with Crippen LogP contribution in [0.5, 0.6) is 0 Å². The predicted octanol–water partition coefficient (Wildman–Crippen LogP) is 2.85. The second kappa shape index (κ2) is 6.58. The Morgan fingerprint density at radius 2 is 2.19 bits per heavy atom.